The predicted molar refractivity (Wildman–Crippen MR) is 142 cm³/mol. The fourth-order valence-corrected chi connectivity index (χ4v) is 4.75. The minimum absolute atomic E-state index is 0.0880. The molecule has 2 N–H and O–H groups in total. The molecule has 4 rings (SSSR count). The molecular weight excluding hydrogens is 470 g/mol. The molecule has 0 aliphatic carbocycles. The summed E-state index contributed by atoms with van der Waals surface area (Å²) in [6, 6.07) is 29.6. The van der Waals surface area contributed by atoms with Gasteiger partial charge in [-0.15, -0.1) is 0 Å². The van der Waals surface area contributed by atoms with Gasteiger partial charge in [0.05, 0.1) is 22.1 Å². The molecule has 0 bridgehead atoms. The van der Waals surface area contributed by atoms with E-state index in [1.807, 2.05) is 73.7 Å². The number of hydrogen-bond acceptors (Lipinski definition) is 5. The van der Waals surface area contributed by atoms with Crippen LogP contribution in [0.25, 0.3) is 22.4 Å². The summed E-state index contributed by atoms with van der Waals surface area (Å²) < 4.78 is 0. The number of pyridine rings is 1. The molecule has 4 aromatic rings. The number of amides is 1. The zero-order valence-corrected chi connectivity index (χ0v) is 20.3. The number of anilines is 1. The van der Waals surface area contributed by atoms with Crippen molar-refractivity contribution in [2.75, 3.05) is 5.32 Å². The summed E-state index contributed by atoms with van der Waals surface area (Å²) >= 11 is 1.23. The molecule has 1 heterocycles. The van der Waals surface area contributed by atoms with Crippen molar-refractivity contribution in [3.8, 4) is 28.5 Å². The molecule has 0 fully saturated rings. The molecule has 1 unspecified atom stereocenters. The first-order valence-electron chi connectivity index (χ1n) is 11.4. The average molecular weight is 494 g/mol. The second-order valence-corrected chi connectivity index (χ2v) is 9.16. The third-order valence-corrected chi connectivity index (χ3v) is 6.90. The van der Waals surface area contributed by atoms with E-state index in [0.29, 0.717) is 28.4 Å². The molecule has 0 aliphatic rings. The van der Waals surface area contributed by atoms with Crippen LogP contribution >= 0.6 is 11.8 Å². The maximum Gasteiger partial charge on any atom is 0.335 e. The van der Waals surface area contributed by atoms with Crippen molar-refractivity contribution in [3.05, 3.63) is 102 Å². The Hall–Kier alpha value is -4.41. The van der Waals surface area contributed by atoms with Gasteiger partial charge in [-0.05, 0) is 36.2 Å². The molecule has 36 heavy (non-hydrogen) atoms. The summed E-state index contributed by atoms with van der Waals surface area (Å²) in [5, 5.41) is 22.1. The number of aromatic carboxylic acids is 1. The van der Waals surface area contributed by atoms with Crippen molar-refractivity contribution in [3.63, 3.8) is 0 Å². The van der Waals surface area contributed by atoms with E-state index in [2.05, 4.69) is 11.4 Å². The van der Waals surface area contributed by atoms with Gasteiger partial charge < -0.3 is 10.4 Å². The number of carboxylic acids is 1. The number of nitrogens with zero attached hydrogens (tertiary/aromatic N) is 2. The zero-order valence-electron chi connectivity index (χ0n) is 19.5. The van der Waals surface area contributed by atoms with Crippen LogP contribution in [0, 0.1) is 11.3 Å². The predicted octanol–water partition coefficient (Wildman–Crippen LogP) is 6.49. The maximum atomic E-state index is 13.1. The first-order chi connectivity index (χ1) is 17.5. The van der Waals surface area contributed by atoms with E-state index in [-0.39, 0.29) is 11.5 Å². The molecule has 6 nitrogen and oxygen atoms in total. The smallest absolute Gasteiger partial charge is 0.335 e. The number of nitriles is 1. The Bertz CT molecular complexity index is 1430. The second-order valence-electron chi connectivity index (χ2n) is 7.97. The zero-order chi connectivity index (χ0) is 25.5. The fraction of sp³-hybridized carbons (Fsp3) is 0.103. The van der Waals surface area contributed by atoms with E-state index >= 15 is 0 Å². The first-order valence-corrected chi connectivity index (χ1v) is 12.2. The van der Waals surface area contributed by atoms with E-state index < -0.39 is 11.2 Å². The third-order valence-electron chi connectivity index (χ3n) is 5.55. The Labute approximate surface area is 213 Å². The highest BCUT2D eigenvalue weighted by Gasteiger charge is 2.23. The Kier molecular flexibility index (Phi) is 7.79. The number of carboxylic acid groups (broad SMARTS) is 1. The number of aromatic nitrogens is 1. The van der Waals surface area contributed by atoms with Gasteiger partial charge in [-0.25, -0.2) is 9.78 Å². The average Bonchev–Trinajstić information content (AvgIpc) is 2.92. The lowest BCUT2D eigenvalue weighted by molar-refractivity contribution is -0.115. The molecule has 0 aliphatic heterocycles. The lowest BCUT2D eigenvalue weighted by Crippen LogP contribution is -2.25. The summed E-state index contributed by atoms with van der Waals surface area (Å²) in [6.45, 7) is 1.89. The topological polar surface area (TPSA) is 103 Å². The number of rotatable bonds is 8. The normalized spacial score (nSPS) is 11.3. The van der Waals surface area contributed by atoms with Gasteiger partial charge in [0.15, 0.2) is 0 Å². The van der Waals surface area contributed by atoms with Crippen molar-refractivity contribution < 1.29 is 14.7 Å². The van der Waals surface area contributed by atoms with Gasteiger partial charge in [0.2, 0.25) is 5.91 Å². The number of nitrogens with one attached hydrogen (secondary N) is 1. The molecule has 0 radical (unpaired) electrons. The highest BCUT2D eigenvalue weighted by Crippen LogP contribution is 2.36. The minimum atomic E-state index is -1.07. The SMILES string of the molecule is CCC(Sc1nc(-c2ccccc2)cc(-c2ccccc2)c1C#N)C(=O)Nc1cccc(C(=O)O)c1. The van der Waals surface area contributed by atoms with Gasteiger partial charge in [0, 0.05) is 16.8 Å². The third kappa shape index (κ3) is 5.62. The molecule has 0 saturated heterocycles. The fourth-order valence-electron chi connectivity index (χ4n) is 3.73. The van der Waals surface area contributed by atoms with Crippen LogP contribution < -0.4 is 5.32 Å². The Morgan fingerprint density at radius 3 is 2.25 bits per heavy atom. The number of carbonyl (C=O) groups excluding carboxylic acids is 1. The van der Waals surface area contributed by atoms with E-state index in [1.165, 1.54) is 23.9 Å². The number of hydrogen-bond donors (Lipinski definition) is 2. The van der Waals surface area contributed by atoms with Gasteiger partial charge in [-0.1, -0.05) is 85.4 Å². The minimum Gasteiger partial charge on any atom is -0.478 e. The number of thioether (sulfide) groups is 1. The van der Waals surface area contributed by atoms with E-state index in [1.54, 1.807) is 12.1 Å². The summed E-state index contributed by atoms with van der Waals surface area (Å²) in [4.78, 5) is 29.2. The lowest BCUT2D eigenvalue weighted by Gasteiger charge is -2.17. The highest BCUT2D eigenvalue weighted by molar-refractivity contribution is 8.00. The first kappa shape index (κ1) is 24.7. The second kappa shape index (κ2) is 11.3. The van der Waals surface area contributed by atoms with Crippen LogP contribution in [0.15, 0.2) is 96.0 Å². The summed E-state index contributed by atoms with van der Waals surface area (Å²) in [7, 11) is 0. The molecule has 3 aromatic carbocycles. The van der Waals surface area contributed by atoms with Crippen molar-refractivity contribution in [1.29, 1.82) is 5.26 Å². The molecule has 1 atom stereocenters. The molecule has 7 heteroatoms. The van der Waals surface area contributed by atoms with Crippen LogP contribution in [-0.4, -0.2) is 27.2 Å². The molecule has 0 spiro atoms. The largest absolute Gasteiger partial charge is 0.478 e. The molecule has 1 aromatic heterocycles. The van der Waals surface area contributed by atoms with Crippen molar-refractivity contribution in [2.24, 2.45) is 0 Å². The van der Waals surface area contributed by atoms with Crippen LogP contribution in [0.4, 0.5) is 5.69 Å². The summed E-state index contributed by atoms with van der Waals surface area (Å²) in [6.07, 6.45) is 0.484. The summed E-state index contributed by atoms with van der Waals surface area (Å²) in [5.74, 6) is -1.36. The lowest BCUT2D eigenvalue weighted by atomic mass is 9.99. The molecule has 1 amide bonds. The monoisotopic (exact) mass is 493 g/mol. The molecular formula is C29H23N3O3S. The standard InChI is InChI=1S/C29H23N3O3S/c1-2-26(27(33)31-22-15-9-14-21(16-22)29(34)35)36-28-24(18-30)23(19-10-5-3-6-11-19)17-25(32-28)20-12-7-4-8-13-20/h3-17,26H,2H2,1H3,(H,31,33)(H,34,35). The van der Waals surface area contributed by atoms with Gasteiger partial charge in [0.25, 0.3) is 0 Å². The van der Waals surface area contributed by atoms with Gasteiger partial charge >= 0.3 is 5.97 Å². The Morgan fingerprint density at radius 1 is 0.972 bits per heavy atom. The maximum absolute atomic E-state index is 13.1. The van der Waals surface area contributed by atoms with Crippen LogP contribution in [0.2, 0.25) is 0 Å². The highest BCUT2D eigenvalue weighted by atomic mass is 32.2. The van der Waals surface area contributed by atoms with E-state index in [4.69, 9.17) is 4.98 Å². The van der Waals surface area contributed by atoms with E-state index in [0.717, 1.165) is 16.7 Å². The molecule has 178 valence electrons. The Morgan fingerprint density at radius 2 is 1.64 bits per heavy atom. The van der Waals surface area contributed by atoms with Crippen molar-refractivity contribution in [1.82, 2.24) is 4.98 Å². The number of carbonyl (C=O) groups is 2. The van der Waals surface area contributed by atoms with Gasteiger partial charge in [0.1, 0.15) is 11.1 Å². The van der Waals surface area contributed by atoms with Crippen LogP contribution in [0.3, 0.4) is 0 Å². The van der Waals surface area contributed by atoms with Crippen LogP contribution in [0.5, 0.6) is 0 Å². The quantitative estimate of drug-likeness (QED) is 0.272. The molecule has 0 saturated carbocycles. The van der Waals surface area contributed by atoms with Crippen molar-refractivity contribution >= 4 is 29.3 Å². The van der Waals surface area contributed by atoms with Gasteiger partial charge in [-0.2, -0.15) is 5.26 Å². The summed E-state index contributed by atoms with van der Waals surface area (Å²) in [5.41, 5.74) is 4.15. The van der Waals surface area contributed by atoms with E-state index in [9.17, 15) is 20.0 Å². The van der Waals surface area contributed by atoms with Crippen LogP contribution in [-0.2, 0) is 4.79 Å². The van der Waals surface area contributed by atoms with Crippen molar-refractivity contribution in [2.45, 2.75) is 23.6 Å². The van der Waals surface area contributed by atoms with Gasteiger partial charge in [-0.3, -0.25) is 4.79 Å². The Balaban J connectivity index is 1.72. The van der Waals surface area contributed by atoms with Crippen LogP contribution in [0.1, 0.15) is 29.3 Å². The number of benzene rings is 3.